The van der Waals surface area contributed by atoms with Crippen molar-refractivity contribution in [2.75, 3.05) is 5.32 Å². The van der Waals surface area contributed by atoms with Crippen molar-refractivity contribution < 1.29 is 23.1 Å². The summed E-state index contributed by atoms with van der Waals surface area (Å²) in [5, 5.41) is 10.3. The first kappa shape index (κ1) is 18.4. The van der Waals surface area contributed by atoms with Gasteiger partial charge in [0.05, 0.1) is 11.1 Å². The molecule has 140 valence electrons. The molecule has 0 bridgehead atoms. The van der Waals surface area contributed by atoms with E-state index in [9.17, 15) is 18.4 Å². The van der Waals surface area contributed by atoms with Crippen LogP contribution in [0.3, 0.4) is 0 Å². The van der Waals surface area contributed by atoms with Gasteiger partial charge in [-0.05, 0) is 44.2 Å². The van der Waals surface area contributed by atoms with Gasteiger partial charge in [-0.2, -0.15) is 0 Å². The summed E-state index contributed by atoms with van der Waals surface area (Å²) in [6, 6.07) is 7.71. The highest BCUT2D eigenvalue weighted by Gasteiger charge is 2.20. The Bertz CT molecular complexity index is 1020. The number of nitrogens with zero attached hydrogens (tertiary/aromatic N) is 3. The molecule has 0 unspecified atom stereocenters. The zero-order valence-electron chi connectivity index (χ0n) is 14.6. The summed E-state index contributed by atoms with van der Waals surface area (Å²) in [5.41, 5.74) is 1.58. The number of nitrogens with one attached hydrogen (secondary N) is 1. The number of fused-ring (bicyclic) bond motifs is 1. The molecule has 0 aliphatic heterocycles. The predicted molar refractivity (Wildman–Crippen MR) is 93.1 cm³/mol. The van der Waals surface area contributed by atoms with E-state index in [0.29, 0.717) is 12.1 Å². The second-order valence-electron chi connectivity index (χ2n) is 5.77. The van der Waals surface area contributed by atoms with Crippen molar-refractivity contribution in [2.24, 2.45) is 0 Å². The molecule has 1 aromatic heterocycles. The van der Waals surface area contributed by atoms with Crippen molar-refractivity contribution >= 4 is 28.6 Å². The van der Waals surface area contributed by atoms with Crippen LogP contribution in [0.1, 0.15) is 24.2 Å². The van der Waals surface area contributed by atoms with Crippen molar-refractivity contribution in [1.29, 1.82) is 0 Å². The fraction of sp³-hybridized carbons (Fsp3) is 0.222. The van der Waals surface area contributed by atoms with Crippen LogP contribution in [0.25, 0.3) is 11.0 Å². The van der Waals surface area contributed by atoms with Crippen molar-refractivity contribution in [3.63, 3.8) is 0 Å². The molecule has 3 aromatic rings. The summed E-state index contributed by atoms with van der Waals surface area (Å²) in [5.74, 6) is -3.50. The van der Waals surface area contributed by atoms with E-state index in [4.69, 9.17) is 4.74 Å². The zero-order valence-corrected chi connectivity index (χ0v) is 14.6. The van der Waals surface area contributed by atoms with E-state index in [1.807, 2.05) is 6.92 Å². The Labute approximate surface area is 152 Å². The normalized spacial score (nSPS) is 12.0. The summed E-state index contributed by atoms with van der Waals surface area (Å²) in [6.07, 6.45) is -1.15. The zero-order chi connectivity index (χ0) is 19.6. The van der Waals surface area contributed by atoms with Crippen molar-refractivity contribution in [3.8, 4) is 0 Å². The van der Waals surface area contributed by atoms with E-state index >= 15 is 0 Å². The quantitative estimate of drug-likeness (QED) is 0.694. The van der Waals surface area contributed by atoms with Gasteiger partial charge in [0.1, 0.15) is 5.52 Å². The number of rotatable bonds is 5. The lowest BCUT2D eigenvalue weighted by Crippen LogP contribution is -2.30. The highest BCUT2D eigenvalue weighted by Crippen LogP contribution is 2.16. The number of aryl methyl sites for hydroxylation is 1. The molecule has 7 nitrogen and oxygen atoms in total. The molecule has 0 spiro atoms. The molecule has 9 heteroatoms. The maximum Gasteiger partial charge on any atom is 0.338 e. The molecule has 0 saturated heterocycles. The minimum Gasteiger partial charge on any atom is -0.449 e. The summed E-state index contributed by atoms with van der Waals surface area (Å²) in [6.45, 7) is 3.93. The van der Waals surface area contributed by atoms with E-state index in [-0.39, 0.29) is 11.3 Å². The van der Waals surface area contributed by atoms with Gasteiger partial charge >= 0.3 is 5.97 Å². The van der Waals surface area contributed by atoms with E-state index in [1.54, 1.807) is 16.8 Å². The topological polar surface area (TPSA) is 86.1 Å². The van der Waals surface area contributed by atoms with Crippen LogP contribution < -0.4 is 5.32 Å². The molecular formula is C18H16F2N4O3. The van der Waals surface area contributed by atoms with Gasteiger partial charge in [-0.1, -0.05) is 5.21 Å². The van der Waals surface area contributed by atoms with Gasteiger partial charge in [-0.3, -0.25) is 4.79 Å². The molecule has 27 heavy (non-hydrogen) atoms. The van der Waals surface area contributed by atoms with Crippen molar-refractivity contribution in [2.45, 2.75) is 26.5 Å². The van der Waals surface area contributed by atoms with Crippen LogP contribution in [-0.4, -0.2) is 33.0 Å². The molecule has 1 heterocycles. The molecule has 1 N–H and O–H groups in total. The number of aromatic nitrogens is 3. The van der Waals surface area contributed by atoms with Crippen molar-refractivity contribution in [1.82, 2.24) is 15.0 Å². The molecular weight excluding hydrogens is 358 g/mol. The van der Waals surface area contributed by atoms with Gasteiger partial charge in [0.15, 0.2) is 17.7 Å². The lowest BCUT2D eigenvalue weighted by molar-refractivity contribution is -0.123. The van der Waals surface area contributed by atoms with E-state index in [1.165, 1.54) is 19.1 Å². The van der Waals surface area contributed by atoms with E-state index < -0.39 is 29.6 Å². The number of hydrogen-bond donors (Lipinski definition) is 1. The number of anilines is 1. The van der Waals surface area contributed by atoms with Gasteiger partial charge in [-0.25, -0.2) is 18.3 Å². The van der Waals surface area contributed by atoms with Gasteiger partial charge in [0, 0.05) is 18.3 Å². The van der Waals surface area contributed by atoms with Crippen LogP contribution in [0.4, 0.5) is 14.5 Å². The molecule has 0 radical (unpaired) electrons. The third-order valence-electron chi connectivity index (χ3n) is 3.89. The summed E-state index contributed by atoms with van der Waals surface area (Å²) >= 11 is 0. The standard InChI is InChI=1S/C18H16F2N4O3/c1-3-24-16-7-4-11(8-15(16)22-23-24)18(26)27-10(2)17(25)21-12-5-6-13(19)14(20)9-12/h4-10H,3H2,1-2H3,(H,21,25)/t10-/m0/s1. The summed E-state index contributed by atoms with van der Waals surface area (Å²) in [7, 11) is 0. The Morgan fingerprint density at radius 2 is 1.96 bits per heavy atom. The van der Waals surface area contributed by atoms with Crippen LogP contribution in [0.5, 0.6) is 0 Å². The molecule has 1 atom stereocenters. The van der Waals surface area contributed by atoms with Gasteiger partial charge in [0.25, 0.3) is 5.91 Å². The van der Waals surface area contributed by atoms with Gasteiger partial charge < -0.3 is 10.1 Å². The van der Waals surface area contributed by atoms with Gasteiger partial charge in [-0.15, -0.1) is 5.10 Å². The lowest BCUT2D eigenvalue weighted by Gasteiger charge is -2.13. The van der Waals surface area contributed by atoms with Crippen molar-refractivity contribution in [3.05, 3.63) is 53.6 Å². The Balaban J connectivity index is 1.67. The van der Waals surface area contributed by atoms with Crippen LogP contribution in [0.2, 0.25) is 0 Å². The average molecular weight is 374 g/mol. The number of carbonyl (C=O) groups excluding carboxylic acids is 2. The number of carbonyl (C=O) groups is 2. The maximum atomic E-state index is 13.2. The number of benzene rings is 2. The highest BCUT2D eigenvalue weighted by atomic mass is 19.2. The first-order chi connectivity index (χ1) is 12.9. The predicted octanol–water partition coefficient (Wildman–Crippen LogP) is 2.91. The number of halogens is 2. The fourth-order valence-electron chi connectivity index (χ4n) is 2.43. The molecule has 0 saturated carbocycles. The third-order valence-corrected chi connectivity index (χ3v) is 3.89. The summed E-state index contributed by atoms with van der Waals surface area (Å²) < 4.78 is 32.9. The smallest absolute Gasteiger partial charge is 0.338 e. The summed E-state index contributed by atoms with van der Waals surface area (Å²) in [4.78, 5) is 24.4. The first-order valence-corrected chi connectivity index (χ1v) is 8.19. The molecule has 2 aromatic carbocycles. The number of amides is 1. The van der Waals surface area contributed by atoms with Gasteiger partial charge in [0.2, 0.25) is 0 Å². The largest absolute Gasteiger partial charge is 0.449 e. The van der Waals surface area contributed by atoms with Crippen LogP contribution in [-0.2, 0) is 16.1 Å². The number of ether oxygens (including phenoxy) is 1. The minimum absolute atomic E-state index is 0.0550. The molecule has 0 aliphatic rings. The Morgan fingerprint density at radius 3 is 2.67 bits per heavy atom. The number of esters is 1. The van der Waals surface area contributed by atoms with Crippen LogP contribution in [0.15, 0.2) is 36.4 Å². The highest BCUT2D eigenvalue weighted by molar-refractivity contribution is 5.98. The molecule has 0 aliphatic carbocycles. The Morgan fingerprint density at radius 1 is 1.19 bits per heavy atom. The molecule has 0 fully saturated rings. The van der Waals surface area contributed by atoms with Crippen LogP contribution >= 0.6 is 0 Å². The van der Waals surface area contributed by atoms with E-state index in [0.717, 1.165) is 17.6 Å². The monoisotopic (exact) mass is 374 g/mol. The lowest BCUT2D eigenvalue weighted by atomic mass is 10.2. The minimum atomic E-state index is -1.15. The Hall–Kier alpha value is -3.36. The Kier molecular flexibility index (Phi) is 5.11. The van der Waals surface area contributed by atoms with Crippen LogP contribution in [0, 0.1) is 11.6 Å². The first-order valence-electron chi connectivity index (χ1n) is 8.19. The SMILES string of the molecule is CCn1nnc2cc(C(=O)O[C@@H](C)C(=O)Nc3ccc(F)c(F)c3)ccc21. The second-order valence-corrected chi connectivity index (χ2v) is 5.77. The third kappa shape index (κ3) is 3.91. The van der Waals surface area contributed by atoms with E-state index in [2.05, 4.69) is 15.6 Å². The average Bonchev–Trinajstić information content (AvgIpc) is 3.06. The fourth-order valence-corrected chi connectivity index (χ4v) is 2.43. The second kappa shape index (κ2) is 7.48. The molecule has 3 rings (SSSR count). The maximum absolute atomic E-state index is 13.2. The molecule has 1 amide bonds. The number of hydrogen-bond acceptors (Lipinski definition) is 5.